The molecule has 84 heavy (non-hydrogen) atoms. The van der Waals surface area contributed by atoms with E-state index in [1.165, 1.54) is 204 Å². The Morgan fingerprint density at radius 1 is 0.357 bits per heavy atom. The van der Waals surface area contributed by atoms with Gasteiger partial charge in [0.25, 0.3) is 0 Å². The van der Waals surface area contributed by atoms with Crippen molar-refractivity contribution in [1.29, 1.82) is 0 Å². The molecule has 430 valence electrons. The summed E-state index contributed by atoms with van der Waals surface area (Å²) in [4.78, 5) is 0. The van der Waals surface area contributed by atoms with Crippen LogP contribution in [0.15, 0.2) is 174 Å². The van der Waals surface area contributed by atoms with E-state index in [0.717, 1.165) is 24.0 Å². The van der Waals surface area contributed by atoms with Crippen molar-refractivity contribution >= 4 is 21.8 Å². The van der Waals surface area contributed by atoms with Gasteiger partial charge in [0.1, 0.15) is 0 Å². The molecule has 0 fully saturated rings. The maximum atomic E-state index is 6.31. The SMILES string of the molecule is CCCCCCC1(CCCCCC)c2cc(-c3ccc(-c4nnc(-c5ccc(C(C)(C)C)cc5)o4)cc3)ccc2-c2ccc(-c3ccc4c(c3)C(CCCCCC)(CCCCCC)c3cc(-n5c6ccccc6c6ccccc65)ccc3-4)cc21. The van der Waals surface area contributed by atoms with Crippen LogP contribution in [0, 0.1) is 0 Å². The topological polar surface area (TPSA) is 43.9 Å². The van der Waals surface area contributed by atoms with Crippen LogP contribution < -0.4 is 0 Å². The molecule has 0 saturated carbocycles. The van der Waals surface area contributed by atoms with E-state index in [1.54, 1.807) is 11.1 Å². The van der Waals surface area contributed by atoms with Gasteiger partial charge in [-0.3, -0.25) is 0 Å². The van der Waals surface area contributed by atoms with Gasteiger partial charge in [0.15, 0.2) is 0 Å². The lowest BCUT2D eigenvalue weighted by Crippen LogP contribution is -2.26. The van der Waals surface area contributed by atoms with Gasteiger partial charge in [-0.2, -0.15) is 0 Å². The Morgan fingerprint density at radius 2 is 0.702 bits per heavy atom. The molecular weight excluding hydrogens is 1020 g/mol. The number of nitrogens with zero attached hydrogens (tertiary/aromatic N) is 3. The molecule has 2 aliphatic carbocycles. The summed E-state index contributed by atoms with van der Waals surface area (Å²) >= 11 is 0. The van der Waals surface area contributed by atoms with Crippen molar-refractivity contribution in [2.45, 2.75) is 193 Å². The minimum Gasteiger partial charge on any atom is -0.416 e. The van der Waals surface area contributed by atoms with Crippen molar-refractivity contribution < 1.29 is 4.42 Å². The summed E-state index contributed by atoms with van der Waals surface area (Å²) in [7, 11) is 0. The zero-order chi connectivity index (χ0) is 57.8. The first kappa shape index (κ1) is 57.1. The van der Waals surface area contributed by atoms with Gasteiger partial charge >= 0.3 is 0 Å². The van der Waals surface area contributed by atoms with Gasteiger partial charge in [-0.25, -0.2) is 0 Å². The number of para-hydroxylation sites is 2. The van der Waals surface area contributed by atoms with Gasteiger partial charge in [-0.1, -0.05) is 254 Å². The standard InChI is InChI=1S/C80H89N3O/c1-8-12-16-24-48-79(49-25-17-13-9-2)70-52-59(56-32-34-57(35-33-56)76-81-82-77(84-76)58-36-41-62(42-37-58)78(5,6)7)38-44-64(70)65-45-39-60(53-71(65)79)61-40-46-66-67-47-43-63(83-74-30-22-20-28-68(74)69-29-21-23-31-75(69)83)55-73(67)80(72(66)54-61,50-26-18-14-10-3)51-27-19-15-11-4/h20-23,28-47,52-55H,8-19,24-27,48-51H2,1-7H3. The molecule has 0 atom stereocenters. The van der Waals surface area contributed by atoms with Crippen LogP contribution >= 0.6 is 0 Å². The number of unbranched alkanes of at least 4 members (excludes halogenated alkanes) is 12. The molecule has 0 aliphatic heterocycles. The lowest BCUT2D eigenvalue weighted by molar-refractivity contribution is 0.401. The van der Waals surface area contributed by atoms with Crippen LogP contribution in [0.2, 0.25) is 0 Å². The summed E-state index contributed by atoms with van der Waals surface area (Å²) in [6.07, 6.45) is 24.7. The van der Waals surface area contributed by atoms with E-state index in [9.17, 15) is 0 Å². The average molecular weight is 1110 g/mol. The van der Waals surface area contributed by atoms with Crippen molar-refractivity contribution in [3.63, 3.8) is 0 Å². The zero-order valence-electron chi connectivity index (χ0n) is 51.6. The van der Waals surface area contributed by atoms with Gasteiger partial charge in [-0.15, -0.1) is 10.2 Å². The molecule has 4 nitrogen and oxygen atoms in total. The van der Waals surface area contributed by atoms with Gasteiger partial charge in [0.2, 0.25) is 11.8 Å². The van der Waals surface area contributed by atoms with E-state index in [2.05, 4.69) is 233 Å². The third kappa shape index (κ3) is 10.8. The summed E-state index contributed by atoms with van der Waals surface area (Å²) in [5.41, 5.74) is 23.9. The highest BCUT2D eigenvalue weighted by atomic mass is 16.4. The molecule has 0 radical (unpaired) electrons. The average Bonchev–Trinajstić information content (AvgIpc) is 1.77. The van der Waals surface area contributed by atoms with Gasteiger partial charge < -0.3 is 8.98 Å². The van der Waals surface area contributed by atoms with Crippen molar-refractivity contribution in [2.75, 3.05) is 0 Å². The first-order valence-corrected chi connectivity index (χ1v) is 32.7. The molecule has 12 rings (SSSR count). The van der Waals surface area contributed by atoms with Crippen LogP contribution in [0.1, 0.15) is 205 Å². The van der Waals surface area contributed by atoms with Crippen LogP contribution in [-0.4, -0.2) is 14.8 Å². The monoisotopic (exact) mass is 1110 g/mol. The van der Waals surface area contributed by atoms with Crippen molar-refractivity contribution in [3.05, 3.63) is 198 Å². The molecule has 8 aromatic carbocycles. The Kier molecular flexibility index (Phi) is 16.8. The van der Waals surface area contributed by atoms with Crippen molar-refractivity contribution in [2.24, 2.45) is 0 Å². The molecule has 4 heteroatoms. The summed E-state index contributed by atoms with van der Waals surface area (Å²) in [6.45, 7) is 16.1. The number of rotatable bonds is 25. The molecule has 0 saturated heterocycles. The van der Waals surface area contributed by atoms with E-state index in [4.69, 9.17) is 4.42 Å². The van der Waals surface area contributed by atoms with Gasteiger partial charge in [-0.05, 0) is 170 Å². The highest BCUT2D eigenvalue weighted by Gasteiger charge is 2.45. The first-order chi connectivity index (χ1) is 41.1. The summed E-state index contributed by atoms with van der Waals surface area (Å²) in [5, 5.41) is 11.6. The van der Waals surface area contributed by atoms with E-state index in [1.807, 2.05) is 0 Å². The molecule has 0 bridgehead atoms. The van der Waals surface area contributed by atoms with Gasteiger partial charge in [0, 0.05) is 38.4 Å². The molecular formula is C80H89N3O. The maximum absolute atomic E-state index is 6.31. The minimum absolute atomic E-state index is 0.0754. The second-order valence-corrected chi connectivity index (χ2v) is 26.1. The van der Waals surface area contributed by atoms with E-state index in [0.29, 0.717) is 11.8 Å². The first-order valence-electron chi connectivity index (χ1n) is 32.7. The molecule has 10 aromatic rings. The number of aromatic nitrogens is 3. The Balaban J connectivity index is 0.934. The fourth-order valence-electron chi connectivity index (χ4n) is 15.0. The number of hydrogen-bond acceptors (Lipinski definition) is 3. The summed E-state index contributed by atoms with van der Waals surface area (Å²) in [6, 6.07) is 65.6. The molecule has 0 N–H and O–H groups in total. The van der Waals surface area contributed by atoms with Crippen LogP contribution in [-0.2, 0) is 16.2 Å². The van der Waals surface area contributed by atoms with Crippen LogP contribution in [0.3, 0.4) is 0 Å². The van der Waals surface area contributed by atoms with Crippen LogP contribution in [0.5, 0.6) is 0 Å². The van der Waals surface area contributed by atoms with Gasteiger partial charge in [0.05, 0.1) is 11.0 Å². The van der Waals surface area contributed by atoms with Crippen molar-refractivity contribution in [3.8, 4) is 73.1 Å². The fourth-order valence-corrected chi connectivity index (χ4v) is 15.0. The molecule has 2 aromatic heterocycles. The second-order valence-electron chi connectivity index (χ2n) is 26.1. The molecule has 0 amide bonds. The quantitative estimate of drug-likeness (QED) is 0.0536. The lowest BCUT2D eigenvalue weighted by Gasteiger charge is -2.34. The number of fused-ring (bicyclic) bond motifs is 9. The minimum atomic E-state index is -0.0815. The number of benzene rings is 8. The summed E-state index contributed by atoms with van der Waals surface area (Å²) in [5.74, 6) is 1.08. The van der Waals surface area contributed by atoms with E-state index >= 15 is 0 Å². The smallest absolute Gasteiger partial charge is 0.248 e. The Morgan fingerprint density at radius 3 is 1.11 bits per heavy atom. The maximum Gasteiger partial charge on any atom is 0.248 e. The predicted molar refractivity (Wildman–Crippen MR) is 357 cm³/mol. The normalized spacial score (nSPS) is 13.8. The van der Waals surface area contributed by atoms with Crippen molar-refractivity contribution in [1.82, 2.24) is 14.8 Å². The molecule has 2 heterocycles. The summed E-state index contributed by atoms with van der Waals surface area (Å²) < 4.78 is 8.85. The molecule has 0 spiro atoms. The highest BCUT2D eigenvalue weighted by Crippen LogP contribution is 2.58. The Bertz CT molecular complexity index is 3820. The fraction of sp³-hybridized carbons (Fsp3) is 0.375. The molecule has 2 aliphatic rings. The zero-order valence-corrected chi connectivity index (χ0v) is 51.6. The largest absolute Gasteiger partial charge is 0.416 e. The van der Waals surface area contributed by atoms with Crippen LogP contribution in [0.25, 0.3) is 94.9 Å². The lowest BCUT2D eigenvalue weighted by atomic mass is 9.69. The molecule has 0 unspecified atom stereocenters. The Labute approximate surface area is 502 Å². The number of hydrogen-bond donors (Lipinski definition) is 0. The predicted octanol–water partition coefficient (Wildman–Crippen LogP) is 23.5. The highest BCUT2D eigenvalue weighted by molar-refractivity contribution is 6.09. The second kappa shape index (κ2) is 24.7. The van der Waals surface area contributed by atoms with E-state index in [-0.39, 0.29) is 16.2 Å². The third-order valence-electron chi connectivity index (χ3n) is 19.6. The Hall–Kier alpha value is -7.30. The third-order valence-corrected chi connectivity index (χ3v) is 19.6. The van der Waals surface area contributed by atoms with Crippen LogP contribution in [0.4, 0.5) is 0 Å². The van der Waals surface area contributed by atoms with E-state index < -0.39 is 0 Å².